The van der Waals surface area contributed by atoms with Crippen LogP contribution in [0.25, 0.3) is 183 Å². The highest BCUT2D eigenvalue weighted by atomic mass is 15.1. The van der Waals surface area contributed by atoms with Crippen LogP contribution in [-0.2, 0) is 0 Å². The summed E-state index contributed by atoms with van der Waals surface area (Å²) in [5.41, 5.74) is 38.6. The molecule has 131 heavy (non-hydrogen) atoms. The molecule has 0 aliphatic rings. The van der Waals surface area contributed by atoms with Gasteiger partial charge in [0, 0.05) is 83.5 Å². The van der Waals surface area contributed by atoms with Crippen molar-refractivity contribution >= 4 is 99.5 Å². The van der Waals surface area contributed by atoms with E-state index < -0.39 is 0 Å². The second-order valence-electron chi connectivity index (χ2n) is 33.6. The maximum Gasteiger partial charge on any atom is 0.0541 e. The van der Waals surface area contributed by atoms with Crippen LogP contribution in [0.5, 0.6) is 0 Å². The van der Waals surface area contributed by atoms with Gasteiger partial charge in [0.2, 0.25) is 0 Å². The Morgan fingerprint density at radius 1 is 0.107 bits per heavy atom. The van der Waals surface area contributed by atoms with Gasteiger partial charge in [-0.3, -0.25) is 0 Å². The van der Waals surface area contributed by atoms with Crippen LogP contribution in [0.4, 0.5) is 34.1 Å². The van der Waals surface area contributed by atoms with Crippen LogP contribution in [0.15, 0.2) is 528 Å². The molecule has 0 unspecified atom stereocenters. The zero-order valence-corrected chi connectivity index (χ0v) is 72.0. The molecule has 21 aromatic carbocycles. The van der Waals surface area contributed by atoms with Crippen molar-refractivity contribution < 1.29 is 0 Å². The van der Waals surface area contributed by atoms with E-state index in [2.05, 4.69) is 551 Å². The Bertz CT molecular complexity index is 7340. The third kappa shape index (κ3) is 15.2. The van der Waals surface area contributed by atoms with Gasteiger partial charge in [0.15, 0.2) is 0 Å². The maximum absolute atomic E-state index is 2.39. The lowest BCUT2D eigenvalue weighted by Crippen LogP contribution is -2.09. The lowest BCUT2D eigenvalue weighted by atomic mass is 9.98. The molecule has 0 N–H and O–H groups in total. The molecule has 0 aliphatic carbocycles. The van der Waals surface area contributed by atoms with E-state index in [-0.39, 0.29) is 0 Å². The molecule has 5 heteroatoms. The average molecular weight is 1670 g/mol. The molecular weight excluding hydrogens is 1580 g/mol. The van der Waals surface area contributed by atoms with Crippen molar-refractivity contribution in [1.82, 2.24) is 13.7 Å². The molecule has 0 bridgehead atoms. The Labute approximate surface area is 762 Å². The van der Waals surface area contributed by atoms with Gasteiger partial charge in [0.25, 0.3) is 0 Å². The predicted molar refractivity (Wildman–Crippen MR) is 554 cm³/mol. The second kappa shape index (κ2) is 34.5. The molecule has 5 nitrogen and oxygen atoms in total. The highest BCUT2D eigenvalue weighted by Crippen LogP contribution is 2.45. The van der Waals surface area contributed by atoms with Gasteiger partial charge in [-0.25, -0.2) is 0 Å². The van der Waals surface area contributed by atoms with Gasteiger partial charge in [0.05, 0.1) is 33.1 Å². The summed E-state index contributed by atoms with van der Waals surface area (Å²) in [6.07, 6.45) is 0. The smallest absolute Gasteiger partial charge is 0.0541 e. The van der Waals surface area contributed by atoms with Crippen molar-refractivity contribution in [2.75, 3.05) is 9.80 Å². The Kier molecular flexibility index (Phi) is 20.6. The van der Waals surface area contributed by atoms with E-state index in [1.54, 1.807) is 0 Å². The average Bonchev–Trinajstić information content (AvgIpc) is 1.61. The molecule has 0 aliphatic heterocycles. The molecule has 3 heterocycles. The van der Waals surface area contributed by atoms with Crippen molar-refractivity contribution in [3.63, 3.8) is 0 Å². The molecule has 0 atom stereocenters. The minimum atomic E-state index is 1.07. The van der Waals surface area contributed by atoms with Gasteiger partial charge < -0.3 is 23.5 Å². The lowest BCUT2D eigenvalue weighted by Gasteiger charge is -2.26. The molecule has 24 aromatic rings. The Balaban J connectivity index is 0.000000157. The van der Waals surface area contributed by atoms with Crippen LogP contribution in [0, 0.1) is 0 Å². The van der Waals surface area contributed by atoms with Gasteiger partial charge in [-0.2, -0.15) is 0 Å². The first-order chi connectivity index (χ1) is 64.9. The van der Waals surface area contributed by atoms with Crippen molar-refractivity contribution in [3.8, 4) is 117 Å². The van der Waals surface area contributed by atoms with Crippen LogP contribution in [0.2, 0.25) is 0 Å². The summed E-state index contributed by atoms with van der Waals surface area (Å²) in [4.78, 5) is 4.72. The Hall–Kier alpha value is -17.4. The number of rotatable bonds is 18. The number of nitrogens with zero attached hydrogens (tertiary/aromatic N) is 5. The largest absolute Gasteiger partial charge is 0.311 e. The molecule has 616 valence electrons. The quantitative estimate of drug-likeness (QED) is 0.0854. The van der Waals surface area contributed by atoms with Crippen molar-refractivity contribution in [2.24, 2.45) is 0 Å². The van der Waals surface area contributed by atoms with Crippen LogP contribution in [-0.4, -0.2) is 13.7 Å². The topological polar surface area (TPSA) is 21.3 Å². The monoisotopic (exact) mass is 1670 g/mol. The number of hydrogen-bond donors (Lipinski definition) is 0. The summed E-state index contributed by atoms with van der Waals surface area (Å²) in [6, 6.07) is 191. The van der Waals surface area contributed by atoms with Crippen molar-refractivity contribution in [3.05, 3.63) is 528 Å². The van der Waals surface area contributed by atoms with Gasteiger partial charge in [-0.15, -0.1) is 0 Å². The molecule has 24 rings (SSSR count). The molecule has 0 saturated heterocycles. The molecule has 0 fully saturated rings. The minimum Gasteiger partial charge on any atom is -0.311 e. The van der Waals surface area contributed by atoms with Crippen LogP contribution < -0.4 is 9.80 Å². The fraction of sp³-hybridized carbons (Fsp3) is 0. The number of para-hydroxylation sites is 6. The fourth-order valence-corrected chi connectivity index (χ4v) is 19.3. The van der Waals surface area contributed by atoms with Crippen LogP contribution in [0.3, 0.4) is 0 Å². The fourth-order valence-electron chi connectivity index (χ4n) is 19.3. The SMILES string of the molecule is c1cc(-c2ccc(N(c3ccc(-c4cccc(-n5c6ccccc6c6ccccc65)c4)cc3)c3ccc(-c4cccc(-n5c6ccccc6c6ccccc65)c4)cc3)cc2)cc(-n2c3ccccc3c3ccccc32)c1.c1ccc(-c2cccc(-c3ccc(N(c4ccc(-c5cccc(-c6ccccc6)c5)cc4)c4ccc(-c5cccc(-c6ccccc6)c5)cc4)cc3)c2)cc1. The highest BCUT2D eigenvalue weighted by molar-refractivity contribution is 6.12. The molecule has 0 saturated carbocycles. The number of aromatic nitrogens is 3. The first-order valence-electron chi connectivity index (χ1n) is 44.9. The standard InChI is InChI=1S/C72H48N4.C54H39N/c1-7-28-67-61(22-1)62-23-2-8-29-68(62)74(67)58-19-13-16-52(46-58)49-34-40-55(41-35-49)73(56-42-36-50(37-43-56)53-17-14-20-59(47-53)75-69-30-9-3-24-63(69)64-25-4-10-31-70(64)75)57-44-38-51(39-45-57)54-18-15-21-60(48-54)76-71-32-11-5-26-65(71)66-27-6-12-33-72(66)76;1-4-13-40(14-5-1)46-19-10-22-49(37-46)43-25-31-52(32-26-43)55(53-33-27-44(28-34-53)50-23-11-20-47(38-50)41-15-6-2-7-16-41)54-35-29-45(30-36-54)51-24-12-21-48(39-51)42-17-8-3-9-18-42/h1-48H;1-39H. The van der Waals surface area contributed by atoms with Gasteiger partial charge in [-0.1, -0.05) is 364 Å². The summed E-state index contributed by atoms with van der Waals surface area (Å²) in [6.45, 7) is 0. The number of hydrogen-bond acceptors (Lipinski definition) is 2. The van der Waals surface area contributed by atoms with Gasteiger partial charge in [0.1, 0.15) is 0 Å². The number of anilines is 6. The molecule has 0 radical (unpaired) electrons. The van der Waals surface area contributed by atoms with E-state index in [9.17, 15) is 0 Å². The molecule has 3 aromatic heterocycles. The van der Waals surface area contributed by atoms with E-state index in [4.69, 9.17) is 0 Å². The number of benzene rings is 21. The van der Waals surface area contributed by atoms with Gasteiger partial charge >= 0.3 is 0 Å². The van der Waals surface area contributed by atoms with Crippen molar-refractivity contribution in [2.45, 2.75) is 0 Å². The Morgan fingerprint density at radius 3 is 0.443 bits per heavy atom. The first kappa shape index (κ1) is 78.3. The zero-order chi connectivity index (χ0) is 86.9. The van der Waals surface area contributed by atoms with E-state index in [1.807, 2.05) is 0 Å². The third-order valence-corrected chi connectivity index (χ3v) is 25.7. The summed E-state index contributed by atoms with van der Waals surface area (Å²) in [5.74, 6) is 0. The van der Waals surface area contributed by atoms with Gasteiger partial charge in [-0.05, 0) is 264 Å². The second-order valence-corrected chi connectivity index (χ2v) is 33.6. The molecule has 0 spiro atoms. The van der Waals surface area contributed by atoms with Crippen molar-refractivity contribution in [1.29, 1.82) is 0 Å². The normalized spacial score (nSPS) is 11.4. The Morgan fingerprint density at radius 2 is 0.252 bits per heavy atom. The molecular formula is C126H87N5. The third-order valence-electron chi connectivity index (χ3n) is 25.7. The summed E-state index contributed by atoms with van der Waals surface area (Å²) in [7, 11) is 0. The minimum absolute atomic E-state index is 1.07. The van der Waals surface area contributed by atoms with E-state index in [0.717, 1.165) is 84.6 Å². The summed E-state index contributed by atoms with van der Waals surface area (Å²) < 4.78 is 7.16. The van der Waals surface area contributed by atoms with E-state index >= 15 is 0 Å². The van der Waals surface area contributed by atoms with E-state index in [0.29, 0.717) is 0 Å². The van der Waals surface area contributed by atoms with Crippen LogP contribution >= 0.6 is 0 Å². The summed E-state index contributed by atoms with van der Waals surface area (Å²) in [5, 5.41) is 7.55. The lowest BCUT2D eigenvalue weighted by molar-refractivity contribution is 1.18. The van der Waals surface area contributed by atoms with E-state index in [1.165, 1.54) is 132 Å². The molecule has 0 amide bonds. The maximum atomic E-state index is 2.39. The predicted octanol–water partition coefficient (Wildman–Crippen LogP) is 34.6. The zero-order valence-electron chi connectivity index (χ0n) is 72.0. The number of fused-ring (bicyclic) bond motifs is 9. The summed E-state index contributed by atoms with van der Waals surface area (Å²) >= 11 is 0. The first-order valence-corrected chi connectivity index (χ1v) is 44.9. The van der Waals surface area contributed by atoms with Crippen LogP contribution in [0.1, 0.15) is 0 Å². The highest BCUT2D eigenvalue weighted by Gasteiger charge is 2.22.